The maximum Gasteiger partial charge on any atom is 0.305 e. The summed E-state index contributed by atoms with van der Waals surface area (Å²) < 4.78 is 26.2. The van der Waals surface area contributed by atoms with Gasteiger partial charge in [0.15, 0.2) is 25.0 Å². The van der Waals surface area contributed by atoms with Crippen molar-refractivity contribution < 1.29 is 27.6 Å². The summed E-state index contributed by atoms with van der Waals surface area (Å²) in [5, 5.41) is 4.54. The van der Waals surface area contributed by atoms with E-state index in [2.05, 4.69) is 117 Å². The van der Waals surface area contributed by atoms with E-state index < -0.39 is 25.0 Å². The van der Waals surface area contributed by atoms with Crippen LogP contribution in [0.2, 0.25) is 55.9 Å². The molecule has 10 heteroatoms. The Bertz CT molecular complexity index is 1010. The van der Waals surface area contributed by atoms with E-state index in [4.69, 9.17) is 22.9 Å². The third kappa shape index (κ3) is 15.2. The van der Waals surface area contributed by atoms with Crippen molar-refractivity contribution in [1.29, 1.82) is 0 Å². The fourth-order valence-electron chi connectivity index (χ4n) is 5.56. The van der Waals surface area contributed by atoms with Crippen LogP contribution < -0.4 is 0 Å². The molecule has 7 nitrogen and oxygen atoms in total. The van der Waals surface area contributed by atoms with Crippen molar-refractivity contribution in [3.63, 3.8) is 0 Å². The van der Waals surface area contributed by atoms with E-state index in [1.54, 1.807) is 7.11 Å². The predicted octanol–water partition coefficient (Wildman–Crippen LogP) is 10.7. The Morgan fingerprint density at radius 1 is 0.809 bits per heavy atom. The lowest BCUT2D eigenvalue weighted by molar-refractivity contribution is -0.140. The summed E-state index contributed by atoms with van der Waals surface area (Å²) >= 11 is 0. The highest BCUT2D eigenvalue weighted by atomic mass is 28.4. The number of ether oxygens (including phenoxy) is 1. The van der Waals surface area contributed by atoms with Crippen LogP contribution in [0.1, 0.15) is 99.8 Å². The minimum absolute atomic E-state index is 0.0189. The van der Waals surface area contributed by atoms with Crippen LogP contribution in [-0.2, 0) is 27.6 Å². The molecule has 1 saturated carbocycles. The van der Waals surface area contributed by atoms with Crippen LogP contribution in [0, 0.1) is 11.8 Å². The molecule has 1 rings (SSSR count). The molecule has 5 atom stereocenters. The van der Waals surface area contributed by atoms with Gasteiger partial charge in [0, 0.05) is 12.3 Å². The molecule has 47 heavy (non-hydrogen) atoms. The van der Waals surface area contributed by atoms with Crippen LogP contribution in [0.3, 0.4) is 0 Å². The highest BCUT2D eigenvalue weighted by molar-refractivity contribution is 6.73. The minimum atomic E-state index is -1.97. The Kier molecular flexibility index (Phi) is 19.3. The standard InChI is InChI=1S/C37H73NO6Si3/c1-16-17-18-22-32(42-45(10,11)28(2)3)24-25-33-34(26-31(38-41-9)21-19-20-23-37(39)40-8)36(44-47(14,15)30(6)7)27-35(33)43-46(12,13)29(4)5/h17-18,24-25,28-30,32-36H,16,19-23,26-27H2,1-15H3/b18-17-,25-24+,38-31+/t32-,33+,34+,35+,36-/m0/s1. The SMILES string of the molecule is CC/C=C\C[C@@H](/C=C/[C@@H]1[C@@H](C/C(CCCCC(=O)OC)=N/OC)[C@@H](O[Si](C)(C)C(C)C)C[C@H]1O[Si](C)(C)C(C)C)O[Si](C)(C)C(C)C. The normalized spacial score (nSPS) is 22.4. The second-order valence-corrected chi connectivity index (χ2v) is 29.8. The summed E-state index contributed by atoms with van der Waals surface area (Å²) in [7, 11) is -2.77. The van der Waals surface area contributed by atoms with Gasteiger partial charge in [-0.05, 0) is 107 Å². The van der Waals surface area contributed by atoms with Crippen molar-refractivity contribution >= 4 is 36.6 Å². The summed E-state index contributed by atoms with van der Waals surface area (Å²) in [4.78, 5) is 17.1. The van der Waals surface area contributed by atoms with Gasteiger partial charge in [-0.3, -0.25) is 4.79 Å². The molecule has 1 fully saturated rings. The van der Waals surface area contributed by atoms with E-state index in [1.807, 2.05) is 0 Å². The summed E-state index contributed by atoms with van der Waals surface area (Å²) in [5.41, 5.74) is 2.54. The summed E-state index contributed by atoms with van der Waals surface area (Å²) in [6, 6.07) is 0. The van der Waals surface area contributed by atoms with E-state index in [0.29, 0.717) is 23.0 Å². The highest BCUT2D eigenvalue weighted by Gasteiger charge is 2.48. The molecule has 0 radical (unpaired) electrons. The molecule has 0 bridgehead atoms. The third-order valence-electron chi connectivity index (χ3n) is 10.7. The van der Waals surface area contributed by atoms with Gasteiger partial charge in [0.2, 0.25) is 0 Å². The number of allylic oxidation sites excluding steroid dienone is 1. The first-order chi connectivity index (χ1) is 21.8. The van der Waals surface area contributed by atoms with Gasteiger partial charge < -0.3 is 22.9 Å². The zero-order chi connectivity index (χ0) is 36.0. The number of oxime groups is 1. The van der Waals surface area contributed by atoms with Crippen molar-refractivity contribution in [2.75, 3.05) is 14.2 Å². The lowest BCUT2D eigenvalue weighted by Crippen LogP contribution is -2.40. The Labute approximate surface area is 293 Å². The average molecular weight is 712 g/mol. The second kappa shape index (κ2) is 20.6. The first-order valence-corrected chi connectivity index (χ1v) is 27.3. The van der Waals surface area contributed by atoms with E-state index in [0.717, 1.165) is 50.7 Å². The smallest absolute Gasteiger partial charge is 0.305 e. The number of carbonyl (C=O) groups excluding carboxylic acids is 1. The Morgan fingerprint density at radius 2 is 1.36 bits per heavy atom. The number of esters is 1. The molecule has 0 saturated heterocycles. The number of hydrogen-bond acceptors (Lipinski definition) is 7. The first kappa shape index (κ1) is 44.0. The molecule has 1 aliphatic rings. The van der Waals surface area contributed by atoms with Crippen molar-refractivity contribution in [3.05, 3.63) is 24.3 Å². The predicted molar refractivity (Wildman–Crippen MR) is 207 cm³/mol. The monoisotopic (exact) mass is 711 g/mol. The van der Waals surface area contributed by atoms with Gasteiger partial charge in [0.25, 0.3) is 0 Å². The topological polar surface area (TPSA) is 75.6 Å². The van der Waals surface area contributed by atoms with Crippen molar-refractivity contribution in [3.8, 4) is 0 Å². The number of unbranched alkanes of at least 4 members (excludes halogenated alkanes) is 1. The highest BCUT2D eigenvalue weighted by Crippen LogP contribution is 2.44. The molecule has 0 aliphatic heterocycles. The van der Waals surface area contributed by atoms with E-state index in [9.17, 15) is 4.79 Å². The van der Waals surface area contributed by atoms with E-state index in [1.165, 1.54) is 7.11 Å². The van der Waals surface area contributed by atoms with E-state index in [-0.39, 0.29) is 36.1 Å². The van der Waals surface area contributed by atoms with Gasteiger partial charge in [-0.15, -0.1) is 0 Å². The molecule has 0 aromatic carbocycles. The van der Waals surface area contributed by atoms with Crippen LogP contribution in [0.4, 0.5) is 0 Å². The maximum absolute atomic E-state index is 11.7. The number of methoxy groups -OCH3 is 1. The van der Waals surface area contributed by atoms with Crippen LogP contribution >= 0.6 is 0 Å². The van der Waals surface area contributed by atoms with Crippen LogP contribution in [0.25, 0.3) is 0 Å². The number of nitrogens with zero attached hydrogens (tertiary/aromatic N) is 1. The molecular weight excluding hydrogens is 639 g/mol. The van der Waals surface area contributed by atoms with Crippen LogP contribution in [0.5, 0.6) is 0 Å². The fraction of sp³-hybridized carbons (Fsp3) is 0.838. The van der Waals surface area contributed by atoms with Crippen molar-refractivity contribution in [2.45, 2.75) is 174 Å². The summed E-state index contributed by atoms with van der Waals surface area (Å²) in [6.45, 7) is 30.0. The van der Waals surface area contributed by atoms with Crippen molar-refractivity contribution in [2.24, 2.45) is 17.0 Å². The Balaban J connectivity index is 3.64. The molecule has 0 aromatic heterocycles. The lowest BCUT2D eigenvalue weighted by atomic mass is 9.87. The molecule has 0 aromatic rings. The van der Waals surface area contributed by atoms with Gasteiger partial charge in [-0.2, -0.15) is 0 Å². The molecule has 0 N–H and O–H groups in total. The maximum atomic E-state index is 11.7. The quantitative estimate of drug-likeness (QED) is 0.0278. The zero-order valence-corrected chi connectivity index (χ0v) is 36.0. The minimum Gasteiger partial charge on any atom is -0.469 e. The van der Waals surface area contributed by atoms with Gasteiger partial charge in [-0.1, -0.05) is 77.9 Å². The molecule has 0 unspecified atom stereocenters. The van der Waals surface area contributed by atoms with Crippen molar-refractivity contribution in [1.82, 2.24) is 0 Å². The zero-order valence-electron chi connectivity index (χ0n) is 33.0. The summed E-state index contributed by atoms with van der Waals surface area (Å²) in [6.07, 6.45) is 15.8. The van der Waals surface area contributed by atoms with Crippen LogP contribution in [-0.4, -0.2) is 69.2 Å². The third-order valence-corrected chi connectivity index (χ3v) is 21.8. The first-order valence-electron chi connectivity index (χ1n) is 18.3. The Hall–Kier alpha value is -1.05. The van der Waals surface area contributed by atoms with Gasteiger partial charge >= 0.3 is 5.97 Å². The molecule has 1 aliphatic carbocycles. The molecular formula is C37H73NO6Si3. The van der Waals surface area contributed by atoms with Gasteiger partial charge in [0.1, 0.15) is 7.11 Å². The van der Waals surface area contributed by atoms with E-state index >= 15 is 0 Å². The van der Waals surface area contributed by atoms with Gasteiger partial charge in [-0.25, -0.2) is 0 Å². The average Bonchev–Trinajstić information content (AvgIpc) is 3.26. The molecule has 0 amide bonds. The second-order valence-electron chi connectivity index (χ2n) is 16.0. The Morgan fingerprint density at radius 3 is 1.87 bits per heavy atom. The largest absolute Gasteiger partial charge is 0.469 e. The fourth-order valence-corrected chi connectivity index (χ4v) is 9.42. The number of rotatable bonds is 22. The molecule has 0 heterocycles. The lowest BCUT2D eigenvalue weighted by Gasteiger charge is -2.35. The number of carbonyl (C=O) groups is 1. The number of hydrogen-bond donors (Lipinski definition) is 0. The molecule has 274 valence electrons. The molecule has 0 spiro atoms. The van der Waals surface area contributed by atoms with Crippen LogP contribution in [0.15, 0.2) is 29.5 Å². The summed E-state index contributed by atoms with van der Waals surface area (Å²) in [5.74, 6) is 0.178. The van der Waals surface area contributed by atoms with Gasteiger partial charge in [0.05, 0.1) is 31.1 Å².